The van der Waals surface area contributed by atoms with Gasteiger partial charge in [0.05, 0.1) is 5.75 Å². The Morgan fingerprint density at radius 2 is 1.76 bits per heavy atom. The molecular formula is C12H15FN2OS. The molecule has 1 fully saturated rings. The molecule has 1 aliphatic rings. The number of halogens is 1. The Bertz CT molecular complexity index is 388. The Morgan fingerprint density at radius 3 is 2.29 bits per heavy atom. The molecular weight excluding hydrogens is 239 g/mol. The summed E-state index contributed by atoms with van der Waals surface area (Å²) in [6.07, 6.45) is 0. The van der Waals surface area contributed by atoms with Gasteiger partial charge in [0.2, 0.25) is 5.91 Å². The van der Waals surface area contributed by atoms with Crippen molar-refractivity contribution in [2.45, 2.75) is 0 Å². The van der Waals surface area contributed by atoms with E-state index in [2.05, 4.69) is 17.5 Å². The molecule has 1 saturated heterocycles. The Balaban J connectivity index is 1.95. The van der Waals surface area contributed by atoms with Crippen molar-refractivity contribution in [3.05, 3.63) is 30.1 Å². The van der Waals surface area contributed by atoms with Crippen LogP contribution in [0.5, 0.6) is 0 Å². The summed E-state index contributed by atoms with van der Waals surface area (Å²) in [4.78, 5) is 15.4. The summed E-state index contributed by atoms with van der Waals surface area (Å²) in [5, 5.41) is 0. The zero-order chi connectivity index (χ0) is 12.3. The summed E-state index contributed by atoms with van der Waals surface area (Å²) in [6.45, 7) is 2.98. The second kappa shape index (κ2) is 5.40. The number of anilines is 1. The van der Waals surface area contributed by atoms with Crippen molar-refractivity contribution in [2.24, 2.45) is 0 Å². The predicted octanol–water partition coefficient (Wildman–Crippen LogP) is 1.40. The fourth-order valence-electron chi connectivity index (χ4n) is 1.97. The van der Waals surface area contributed by atoms with Crippen molar-refractivity contribution in [1.82, 2.24) is 4.90 Å². The molecule has 0 bridgehead atoms. The highest BCUT2D eigenvalue weighted by Crippen LogP contribution is 2.16. The first-order chi connectivity index (χ1) is 8.20. The molecule has 0 unspecified atom stereocenters. The molecule has 1 aliphatic heterocycles. The summed E-state index contributed by atoms with van der Waals surface area (Å²) < 4.78 is 12.8. The zero-order valence-corrected chi connectivity index (χ0v) is 10.4. The molecule has 1 aromatic carbocycles. The number of piperazine rings is 1. The summed E-state index contributed by atoms with van der Waals surface area (Å²) in [5.41, 5.74) is 1.00. The van der Waals surface area contributed by atoms with Crippen LogP contribution in [0.1, 0.15) is 0 Å². The number of thiol groups is 1. The standard InChI is InChI=1S/C12H15FN2OS/c13-10-1-3-11(4-2-10)14-5-7-15(8-6-14)12(16)9-17/h1-4,17H,5-9H2. The summed E-state index contributed by atoms with van der Waals surface area (Å²) >= 11 is 3.98. The van der Waals surface area contributed by atoms with Gasteiger partial charge in [0.25, 0.3) is 0 Å². The third-order valence-corrected chi connectivity index (χ3v) is 3.23. The first kappa shape index (κ1) is 12.2. The van der Waals surface area contributed by atoms with Crippen LogP contribution >= 0.6 is 12.6 Å². The highest BCUT2D eigenvalue weighted by atomic mass is 32.1. The quantitative estimate of drug-likeness (QED) is 0.807. The zero-order valence-electron chi connectivity index (χ0n) is 9.47. The molecule has 0 aromatic heterocycles. The molecule has 0 N–H and O–H groups in total. The van der Waals surface area contributed by atoms with E-state index in [9.17, 15) is 9.18 Å². The number of carbonyl (C=O) groups excluding carboxylic acids is 1. The van der Waals surface area contributed by atoms with Gasteiger partial charge in [-0.05, 0) is 24.3 Å². The van der Waals surface area contributed by atoms with Gasteiger partial charge in [-0.2, -0.15) is 12.6 Å². The van der Waals surface area contributed by atoms with Crippen molar-refractivity contribution < 1.29 is 9.18 Å². The molecule has 0 saturated carbocycles. The fourth-order valence-corrected chi connectivity index (χ4v) is 2.17. The van der Waals surface area contributed by atoms with E-state index >= 15 is 0 Å². The number of amides is 1. The highest BCUT2D eigenvalue weighted by Gasteiger charge is 2.20. The molecule has 0 spiro atoms. The molecule has 0 radical (unpaired) electrons. The van der Waals surface area contributed by atoms with Gasteiger partial charge in [0.15, 0.2) is 0 Å². The lowest BCUT2D eigenvalue weighted by molar-refractivity contribution is -0.128. The number of benzene rings is 1. The molecule has 1 heterocycles. The summed E-state index contributed by atoms with van der Waals surface area (Å²) in [5.74, 6) is 0.112. The Kier molecular flexibility index (Phi) is 3.89. The molecule has 3 nitrogen and oxygen atoms in total. The van der Waals surface area contributed by atoms with E-state index in [1.165, 1.54) is 12.1 Å². The van der Waals surface area contributed by atoms with Crippen LogP contribution in [0.3, 0.4) is 0 Å². The van der Waals surface area contributed by atoms with Gasteiger partial charge < -0.3 is 9.80 Å². The lowest BCUT2D eigenvalue weighted by Crippen LogP contribution is -2.49. The van der Waals surface area contributed by atoms with Gasteiger partial charge in [-0.1, -0.05) is 0 Å². The van der Waals surface area contributed by atoms with Gasteiger partial charge >= 0.3 is 0 Å². The first-order valence-electron chi connectivity index (χ1n) is 5.60. The predicted molar refractivity (Wildman–Crippen MR) is 69.0 cm³/mol. The average molecular weight is 254 g/mol. The minimum atomic E-state index is -0.224. The van der Waals surface area contributed by atoms with Crippen molar-refractivity contribution in [1.29, 1.82) is 0 Å². The van der Waals surface area contributed by atoms with Gasteiger partial charge in [-0.3, -0.25) is 4.79 Å². The van der Waals surface area contributed by atoms with Crippen LogP contribution in [-0.4, -0.2) is 42.7 Å². The molecule has 1 amide bonds. The third kappa shape index (κ3) is 2.91. The number of rotatable bonds is 2. The average Bonchev–Trinajstić information content (AvgIpc) is 2.39. The van der Waals surface area contributed by atoms with Gasteiger partial charge in [0, 0.05) is 31.9 Å². The Labute approximate surface area is 106 Å². The van der Waals surface area contributed by atoms with Gasteiger partial charge in [0.1, 0.15) is 5.82 Å². The minimum absolute atomic E-state index is 0.0760. The van der Waals surface area contributed by atoms with E-state index in [-0.39, 0.29) is 17.5 Å². The van der Waals surface area contributed by atoms with E-state index < -0.39 is 0 Å². The van der Waals surface area contributed by atoms with E-state index in [1.807, 2.05) is 4.90 Å². The van der Waals surface area contributed by atoms with E-state index in [0.29, 0.717) is 13.1 Å². The largest absolute Gasteiger partial charge is 0.368 e. The summed E-state index contributed by atoms with van der Waals surface area (Å²) in [7, 11) is 0. The normalized spacial score (nSPS) is 16.1. The number of hydrogen-bond acceptors (Lipinski definition) is 3. The second-order valence-corrected chi connectivity index (χ2v) is 4.32. The molecule has 2 rings (SSSR count). The summed E-state index contributed by atoms with van der Waals surface area (Å²) in [6, 6.07) is 6.46. The van der Waals surface area contributed by atoms with E-state index in [1.54, 1.807) is 12.1 Å². The maximum absolute atomic E-state index is 12.8. The SMILES string of the molecule is O=C(CS)N1CCN(c2ccc(F)cc2)CC1. The number of carbonyl (C=O) groups is 1. The van der Waals surface area contributed by atoms with Crippen LogP contribution < -0.4 is 4.90 Å². The maximum Gasteiger partial charge on any atom is 0.232 e. The smallest absolute Gasteiger partial charge is 0.232 e. The van der Waals surface area contributed by atoms with Gasteiger partial charge in [-0.15, -0.1) is 0 Å². The molecule has 0 atom stereocenters. The third-order valence-electron chi connectivity index (χ3n) is 2.96. The van der Waals surface area contributed by atoms with Gasteiger partial charge in [-0.25, -0.2) is 4.39 Å². The highest BCUT2D eigenvalue weighted by molar-refractivity contribution is 7.81. The molecule has 17 heavy (non-hydrogen) atoms. The molecule has 0 aliphatic carbocycles. The van der Waals surface area contributed by atoms with E-state index in [0.717, 1.165) is 18.8 Å². The Morgan fingerprint density at radius 1 is 1.18 bits per heavy atom. The lowest BCUT2D eigenvalue weighted by Gasteiger charge is -2.36. The molecule has 1 aromatic rings. The first-order valence-corrected chi connectivity index (χ1v) is 6.23. The molecule has 92 valence electrons. The van der Waals surface area contributed by atoms with Crippen molar-refractivity contribution in [3.8, 4) is 0 Å². The van der Waals surface area contributed by atoms with Crippen LogP contribution in [0.2, 0.25) is 0 Å². The minimum Gasteiger partial charge on any atom is -0.368 e. The maximum atomic E-state index is 12.8. The van der Waals surface area contributed by atoms with Crippen LogP contribution in [-0.2, 0) is 4.79 Å². The number of nitrogens with zero attached hydrogens (tertiary/aromatic N) is 2. The van der Waals surface area contributed by atoms with Crippen molar-refractivity contribution in [3.63, 3.8) is 0 Å². The Hall–Kier alpha value is -1.23. The van der Waals surface area contributed by atoms with Crippen LogP contribution in [0, 0.1) is 5.82 Å². The van der Waals surface area contributed by atoms with Crippen LogP contribution in [0.25, 0.3) is 0 Å². The van der Waals surface area contributed by atoms with Crippen molar-refractivity contribution >= 4 is 24.2 Å². The monoisotopic (exact) mass is 254 g/mol. The number of hydrogen-bond donors (Lipinski definition) is 1. The van der Waals surface area contributed by atoms with Crippen molar-refractivity contribution in [2.75, 3.05) is 36.8 Å². The molecule has 5 heteroatoms. The fraction of sp³-hybridized carbons (Fsp3) is 0.417. The van der Waals surface area contributed by atoms with E-state index in [4.69, 9.17) is 0 Å². The topological polar surface area (TPSA) is 23.6 Å². The second-order valence-electron chi connectivity index (χ2n) is 4.00. The van der Waals surface area contributed by atoms with Crippen LogP contribution in [0.4, 0.5) is 10.1 Å². The lowest BCUT2D eigenvalue weighted by atomic mass is 10.2. The van der Waals surface area contributed by atoms with Crippen LogP contribution in [0.15, 0.2) is 24.3 Å².